The average Bonchev–Trinajstić information content (AvgIpc) is 2.56. The van der Waals surface area contributed by atoms with Crippen LogP contribution in [0.25, 0.3) is 0 Å². The Morgan fingerprint density at radius 3 is 1.93 bits per heavy atom. The zero-order valence-electron chi connectivity index (χ0n) is 8.16. The first-order chi connectivity index (χ1) is 7.15. The molecule has 0 bridgehead atoms. The summed E-state index contributed by atoms with van der Waals surface area (Å²) in [5.41, 5.74) is 14.3. The number of rotatable bonds is 1. The summed E-state index contributed by atoms with van der Waals surface area (Å²) in [6.07, 6.45) is 1.86. The molecule has 1 aromatic rings. The Hall–Kier alpha value is 0.408. The van der Waals surface area contributed by atoms with Crippen LogP contribution < -0.4 is 11.5 Å². The summed E-state index contributed by atoms with van der Waals surface area (Å²) in [7, 11) is 9.75. The molecule has 1 aliphatic rings. The Balaban J connectivity index is 0.000000337. The van der Waals surface area contributed by atoms with Gasteiger partial charge in [0.1, 0.15) is 0 Å². The molecule has 0 saturated carbocycles. The van der Waals surface area contributed by atoms with Crippen molar-refractivity contribution < 1.29 is 16.5 Å². The van der Waals surface area contributed by atoms with Crippen LogP contribution in [0.4, 0.5) is 0 Å². The third-order valence-electron chi connectivity index (χ3n) is 2.61. The second kappa shape index (κ2) is 6.22. The molecule has 0 aliphatic heterocycles. The fraction of sp³-hybridized carbons (Fsp3) is 0.400. The molecule has 4 N–H and O–H groups in total. The van der Waals surface area contributed by atoms with Gasteiger partial charge in [-0.15, -0.1) is 0 Å². The second-order valence-electron chi connectivity index (χ2n) is 3.73. The Morgan fingerprint density at radius 1 is 1.20 bits per heavy atom. The van der Waals surface area contributed by atoms with Gasteiger partial charge in [-0.1, -0.05) is 24.3 Å². The van der Waals surface area contributed by atoms with E-state index >= 15 is 0 Å². The van der Waals surface area contributed by atoms with E-state index in [1.165, 1.54) is 11.1 Å². The van der Waals surface area contributed by atoms with Crippen molar-refractivity contribution in [3.05, 3.63) is 35.4 Å². The molecule has 5 heteroatoms. The molecular weight excluding hydrogens is 414 g/mol. The number of halogens is 2. The van der Waals surface area contributed by atoms with Gasteiger partial charge in [0, 0.05) is 12.1 Å². The summed E-state index contributed by atoms with van der Waals surface area (Å²) in [6, 6.07) is 8.39. The summed E-state index contributed by atoms with van der Waals surface area (Å²) in [6.45, 7) is 0.571. The Bertz CT molecular complexity index is 295. The minimum atomic E-state index is -0.472. The van der Waals surface area contributed by atoms with E-state index < -0.39 is 16.5 Å². The van der Waals surface area contributed by atoms with E-state index in [2.05, 4.69) is 24.3 Å². The third-order valence-corrected chi connectivity index (χ3v) is 2.61. The average molecular weight is 428 g/mol. The molecular formula is C10H14Cl2N2Pt. The molecule has 0 saturated heterocycles. The molecule has 0 atom stereocenters. The van der Waals surface area contributed by atoms with Gasteiger partial charge in [0.15, 0.2) is 0 Å². The number of benzene rings is 1. The van der Waals surface area contributed by atoms with Crippen molar-refractivity contribution in [3.63, 3.8) is 0 Å². The van der Waals surface area contributed by atoms with Gasteiger partial charge in [-0.2, -0.15) is 0 Å². The predicted molar refractivity (Wildman–Crippen MR) is 61.5 cm³/mol. The summed E-state index contributed by atoms with van der Waals surface area (Å²) in [5, 5.41) is 0. The second-order valence-corrected chi connectivity index (χ2v) is 7.02. The molecule has 1 aromatic carbocycles. The summed E-state index contributed by atoms with van der Waals surface area (Å²) in [4.78, 5) is 0. The van der Waals surface area contributed by atoms with Gasteiger partial charge < -0.3 is 11.5 Å². The van der Waals surface area contributed by atoms with Gasteiger partial charge in [0.05, 0.1) is 0 Å². The first-order valence-corrected chi connectivity index (χ1v) is 10.2. The number of hydrogen-bond donors (Lipinski definition) is 2. The van der Waals surface area contributed by atoms with Crippen LogP contribution in [0.5, 0.6) is 0 Å². The van der Waals surface area contributed by atoms with Gasteiger partial charge in [0.2, 0.25) is 0 Å². The summed E-state index contributed by atoms with van der Waals surface area (Å²) in [5.74, 6) is 0. The van der Waals surface area contributed by atoms with Crippen molar-refractivity contribution in [3.8, 4) is 0 Å². The number of hydrogen-bond acceptors (Lipinski definition) is 2. The van der Waals surface area contributed by atoms with Gasteiger partial charge in [0.25, 0.3) is 0 Å². The van der Waals surface area contributed by atoms with Gasteiger partial charge in [-0.25, -0.2) is 0 Å². The van der Waals surface area contributed by atoms with Crippen LogP contribution in [-0.4, -0.2) is 12.1 Å². The van der Waals surface area contributed by atoms with Crippen LogP contribution in [0.3, 0.4) is 0 Å². The van der Waals surface area contributed by atoms with Crippen LogP contribution in [0, 0.1) is 0 Å². The van der Waals surface area contributed by atoms with Crippen molar-refractivity contribution in [2.45, 2.75) is 18.4 Å². The van der Waals surface area contributed by atoms with Crippen molar-refractivity contribution in [1.82, 2.24) is 0 Å². The van der Waals surface area contributed by atoms with Gasteiger partial charge in [-0.05, 0) is 24.0 Å². The summed E-state index contributed by atoms with van der Waals surface area (Å²) < 4.78 is 0. The Kier molecular flexibility index (Phi) is 5.59. The molecule has 0 unspecified atom stereocenters. The van der Waals surface area contributed by atoms with E-state index in [9.17, 15) is 0 Å². The van der Waals surface area contributed by atoms with Crippen molar-refractivity contribution in [2.75, 3.05) is 6.54 Å². The monoisotopic (exact) mass is 427 g/mol. The molecule has 1 aliphatic carbocycles. The number of fused-ring (bicyclic) bond motifs is 1. The Morgan fingerprint density at radius 2 is 1.60 bits per heavy atom. The van der Waals surface area contributed by atoms with Gasteiger partial charge in [-0.3, -0.25) is 0 Å². The van der Waals surface area contributed by atoms with Crippen molar-refractivity contribution in [2.24, 2.45) is 11.5 Å². The summed E-state index contributed by atoms with van der Waals surface area (Å²) >= 11 is -0.472. The fourth-order valence-corrected chi connectivity index (χ4v) is 1.87. The fourth-order valence-electron chi connectivity index (χ4n) is 1.87. The molecule has 0 heterocycles. The minimum absolute atomic E-state index is 0.177. The molecule has 0 spiro atoms. The van der Waals surface area contributed by atoms with Crippen molar-refractivity contribution >= 4 is 18.8 Å². The normalized spacial score (nSPS) is 16.8. The maximum absolute atomic E-state index is 6.08. The maximum atomic E-state index is 6.08. The molecule has 0 amide bonds. The molecule has 0 radical (unpaired) electrons. The quantitative estimate of drug-likeness (QED) is 0.718. The van der Waals surface area contributed by atoms with E-state index in [1.54, 1.807) is 0 Å². The van der Waals surface area contributed by atoms with Crippen LogP contribution in [0.15, 0.2) is 24.3 Å². The van der Waals surface area contributed by atoms with Crippen LogP contribution in [0.1, 0.15) is 11.1 Å². The third kappa shape index (κ3) is 3.72. The van der Waals surface area contributed by atoms with E-state index in [0.717, 1.165) is 12.8 Å². The molecule has 0 aromatic heterocycles. The van der Waals surface area contributed by atoms with Crippen LogP contribution >= 0.6 is 18.8 Å². The molecule has 2 rings (SSSR count). The molecule has 2 nitrogen and oxygen atoms in total. The van der Waals surface area contributed by atoms with E-state index in [1.807, 2.05) is 0 Å². The van der Waals surface area contributed by atoms with E-state index in [4.69, 9.17) is 30.3 Å². The van der Waals surface area contributed by atoms with E-state index in [0.29, 0.717) is 6.54 Å². The van der Waals surface area contributed by atoms with E-state index in [-0.39, 0.29) is 5.54 Å². The standard InChI is InChI=1S/C10H14N2.2ClH.Pt/c11-7-10(12)5-8-3-1-2-4-9(8)6-10;;;/h1-4H,5-7,11-12H2;2*1H;/q;;;+2/p-2. The first kappa shape index (κ1) is 13.5. The zero-order chi connectivity index (χ0) is 11.3. The zero-order valence-corrected chi connectivity index (χ0v) is 11.9. The van der Waals surface area contributed by atoms with Crippen LogP contribution in [-0.2, 0) is 29.3 Å². The first-order valence-electron chi connectivity index (χ1n) is 4.53. The molecule has 88 valence electrons. The topological polar surface area (TPSA) is 52.0 Å². The van der Waals surface area contributed by atoms with Crippen LogP contribution in [0.2, 0.25) is 0 Å². The molecule has 15 heavy (non-hydrogen) atoms. The predicted octanol–water partition coefficient (Wildman–Crippen LogP) is 1.82. The SMILES string of the molecule is NCC1(N)Cc2ccccc2C1.[Cl][Pt][Cl]. The number of nitrogens with two attached hydrogens (primary N) is 2. The Labute approximate surface area is 107 Å². The van der Waals surface area contributed by atoms with Gasteiger partial charge >= 0.3 is 35.3 Å². The molecule has 0 fully saturated rings. The van der Waals surface area contributed by atoms with Crippen molar-refractivity contribution in [1.29, 1.82) is 0 Å².